The van der Waals surface area contributed by atoms with Gasteiger partial charge in [0.25, 0.3) is 5.91 Å². The Morgan fingerprint density at radius 1 is 1.21 bits per heavy atom. The number of nitrogens with one attached hydrogen (secondary N) is 2. The molecule has 2 N–H and O–H groups in total. The van der Waals surface area contributed by atoms with E-state index in [1.165, 1.54) is 16.0 Å². The number of thioether (sulfide) groups is 1. The standard InChI is InChI=1S/C24H28N2OS/c1-3-4-15-25-24(27)21-10-6-9-20-18-7-5-8-19(18)22(26-23(20)21)16-11-13-17(28-2)14-12-16/h5-7,9-14,18-19,22,26H,3-4,8,15H2,1-2H3,(H,25,27). The van der Waals surface area contributed by atoms with Crippen LogP contribution >= 0.6 is 11.8 Å². The molecule has 2 aromatic rings. The van der Waals surface area contributed by atoms with Gasteiger partial charge < -0.3 is 10.6 Å². The molecule has 146 valence electrons. The summed E-state index contributed by atoms with van der Waals surface area (Å²) in [5, 5.41) is 6.83. The predicted molar refractivity (Wildman–Crippen MR) is 118 cm³/mol. The number of rotatable bonds is 6. The zero-order chi connectivity index (χ0) is 19.5. The molecule has 4 rings (SSSR count). The molecule has 0 saturated heterocycles. The molecule has 0 saturated carbocycles. The number of para-hydroxylation sites is 1. The van der Waals surface area contributed by atoms with Gasteiger partial charge in [-0.25, -0.2) is 0 Å². The van der Waals surface area contributed by atoms with Crippen LogP contribution in [0.2, 0.25) is 0 Å². The molecule has 3 nitrogen and oxygen atoms in total. The number of carbonyl (C=O) groups excluding carboxylic acids is 1. The van der Waals surface area contributed by atoms with Crippen LogP contribution < -0.4 is 10.6 Å². The Hall–Kier alpha value is -2.20. The van der Waals surface area contributed by atoms with Gasteiger partial charge >= 0.3 is 0 Å². The van der Waals surface area contributed by atoms with E-state index in [1.54, 1.807) is 11.8 Å². The molecule has 0 bridgehead atoms. The van der Waals surface area contributed by atoms with E-state index in [4.69, 9.17) is 0 Å². The van der Waals surface area contributed by atoms with E-state index < -0.39 is 0 Å². The van der Waals surface area contributed by atoms with E-state index >= 15 is 0 Å². The molecule has 4 heteroatoms. The van der Waals surface area contributed by atoms with Gasteiger partial charge in [-0.2, -0.15) is 0 Å². The smallest absolute Gasteiger partial charge is 0.253 e. The first-order chi connectivity index (χ1) is 13.7. The molecular weight excluding hydrogens is 364 g/mol. The second kappa shape index (κ2) is 8.44. The van der Waals surface area contributed by atoms with E-state index in [-0.39, 0.29) is 11.9 Å². The number of carbonyl (C=O) groups is 1. The Kier molecular flexibility index (Phi) is 5.77. The fourth-order valence-corrected chi connectivity index (χ4v) is 4.83. The second-order valence-corrected chi connectivity index (χ2v) is 8.51. The van der Waals surface area contributed by atoms with Crippen molar-refractivity contribution < 1.29 is 4.79 Å². The highest BCUT2D eigenvalue weighted by Crippen LogP contribution is 2.50. The number of hydrogen-bond donors (Lipinski definition) is 2. The second-order valence-electron chi connectivity index (χ2n) is 7.63. The lowest BCUT2D eigenvalue weighted by Crippen LogP contribution is -2.32. The first kappa shape index (κ1) is 19.1. The number of allylic oxidation sites excluding steroid dienone is 2. The average molecular weight is 393 g/mol. The summed E-state index contributed by atoms with van der Waals surface area (Å²) in [6.07, 6.45) is 9.87. The summed E-state index contributed by atoms with van der Waals surface area (Å²) in [6.45, 7) is 2.86. The van der Waals surface area contributed by atoms with Gasteiger partial charge in [-0.3, -0.25) is 4.79 Å². The van der Waals surface area contributed by atoms with Crippen LogP contribution in [0.3, 0.4) is 0 Å². The predicted octanol–water partition coefficient (Wildman–Crippen LogP) is 5.76. The van der Waals surface area contributed by atoms with Crippen LogP contribution in [0.25, 0.3) is 0 Å². The zero-order valence-electron chi connectivity index (χ0n) is 16.6. The third-order valence-electron chi connectivity index (χ3n) is 5.93. The minimum Gasteiger partial charge on any atom is -0.377 e. The molecular formula is C24H28N2OS. The molecule has 3 atom stereocenters. The highest BCUT2D eigenvalue weighted by atomic mass is 32.2. The van der Waals surface area contributed by atoms with Crippen molar-refractivity contribution in [2.75, 3.05) is 18.1 Å². The summed E-state index contributed by atoms with van der Waals surface area (Å²) >= 11 is 1.76. The molecule has 0 spiro atoms. The lowest BCUT2D eigenvalue weighted by molar-refractivity contribution is 0.0953. The van der Waals surface area contributed by atoms with Crippen molar-refractivity contribution in [1.82, 2.24) is 5.32 Å². The van der Waals surface area contributed by atoms with Gasteiger partial charge in [0.05, 0.1) is 17.3 Å². The lowest BCUT2D eigenvalue weighted by Gasteiger charge is -2.38. The van der Waals surface area contributed by atoms with Crippen molar-refractivity contribution in [2.24, 2.45) is 5.92 Å². The molecule has 1 aliphatic carbocycles. The van der Waals surface area contributed by atoms with Gasteiger partial charge in [0.15, 0.2) is 0 Å². The SMILES string of the molecule is CCCCNC(=O)c1cccc2c1NC(c1ccc(SC)cc1)C1CC=CC21. The van der Waals surface area contributed by atoms with Crippen molar-refractivity contribution in [3.63, 3.8) is 0 Å². The summed E-state index contributed by atoms with van der Waals surface area (Å²) in [7, 11) is 0. The van der Waals surface area contributed by atoms with Gasteiger partial charge in [-0.05, 0) is 54.3 Å². The monoisotopic (exact) mass is 392 g/mol. The van der Waals surface area contributed by atoms with Crippen molar-refractivity contribution >= 4 is 23.4 Å². The summed E-state index contributed by atoms with van der Waals surface area (Å²) in [5.74, 6) is 0.880. The number of benzene rings is 2. The van der Waals surface area contributed by atoms with Crippen LogP contribution in [0.15, 0.2) is 59.5 Å². The third kappa shape index (κ3) is 3.58. The van der Waals surface area contributed by atoms with Crippen LogP contribution in [-0.4, -0.2) is 18.7 Å². The highest BCUT2D eigenvalue weighted by Gasteiger charge is 2.39. The first-order valence-corrected chi connectivity index (χ1v) is 11.4. The largest absolute Gasteiger partial charge is 0.377 e. The average Bonchev–Trinajstić information content (AvgIpc) is 3.23. The summed E-state index contributed by atoms with van der Waals surface area (Å²) in [6, 6.07) is 15.2. The maximum Gasteiger partial charge on any atom is 0.253 e. The van der Waals surface area contributed by atoms with E-state index in [2.05, 4.69) is 66.3 Å². The normalized spacial score (nSPS) is 22.3. The van der Waals surface area contributed by atoms with Crippen molar-refractivity contribution in [3.8, 4) is 0 Å². The molecule has 3 unspecified atom stereocenters. The fourth-order valence-electron chi connectivity index (χ4n) is 4.43. The molecule has 28 heavy (non-hydrogen) atoms. The van der Waals surface area contributed by atoms with Crippen LogP contribution in [0, 0.1) is 5.92 Å². The van der Waals surface area contributed by atoms with Crippen LogP contribution in [0.4, 0.5) is 5.69 Å². The maximum atomic E-state index is 12.8. The molecule has 0 radical (unpaired) electrons. The van der Waals surface area contributed by atoms with Gasteiger partial charge in [-0.1, -0.05) is 49.8 Å². The van der Waals surface area contributed by atoms with E-state index in [1.807, 2.05) is 12.1 Å². The topological polar surface area (TPSA) is 41.1 Å². The fraction of sp³-hybridized carbons (Fsp3) is 0.375. The Morgan fingerprint density at radius 2 is 2.04 bits per heavy atom. The maximum absolute atomic E-state index is 12.8. The molecule has 0 aromatic heterocycles. The van der Waals surface area contributed by atoms with Crippen molar-refractivity contribution in [2.45, 2.75) is 43.0 Å². The Morgan fingerprint density at radius 3 is 2.79 bits per heavy atom. The van der Waals surface area contributed by atoms with Crippen LogP contribution in [0.1, 0.15) is 59.6 Å². The van der Waals surface area contributed by atoms with Gasteiger partial charge in [-0.15, -0.1) is 11.8 Å². The zero-order valence-corrected chi connectivity index (χ0v) is 17.4. The summed E-state index contributed by atoms with van der Waals surface area (Å²) < 4.78 is 0. The first-order valence-electron chi connectivity index (χ1n) is 10.2. The molecule has 1 amide bonds. The number of anilines is 1. The van der Waals surface area contributed by atoms with Gasteiger partial charge in [0, 0.05) is 17.4 Å². The minimum absolute atomic E-state index is 0.0229. The molecule has 2 aliphatic rings. The number of fused-ring (bicyclic) bond motifs is 3. The Bertz CT molecular complexity index is 875. The van der Waals surface area contributed by atoms with Crippen LogP contribution in [0.5, 0.6) is 0 Å². The highest BCUT2D eigenvalue weighted by molar-refractivity contribution is 7.98. The summed E-state index contributed by atoms with van der Waals surface area (Å²) in [4.78, 5) is 14.1. The minimum atomic E-state index is 0.0229. The Labute approximate surface area is 172 Å². The van der Waals surface area contributed by atoms with Crippen molar-refractivity contribution in [3.05, 3.63) is 71.3 Å². The van der Waals surface area contributed by atoms with Crippen LogP contribution in [-0.2, 0) is 0 Å². The van der Waals surface area contributed by atoms with E-state index in [0.29, 0.717) is 11.8 Å². The van der Waals surface area contributed by atoms with E-state index in [9.17, 15) is 4.79 Å². The van der Waals surface area contributed by atoms with Gasteiger partial charge in [0.1, 0.15) is 0 Å². The molecule has 1 heterocycles. The lowest BCUT2D eigenvalue weighted by atomic mass is 9.76. The van der Waals surface area contributed by atoms with E-state index in [0.717, 1.165) is 37.1 Å². The Balaban J connectivity index is 1.68. The van der Waals surface area contributed by atoms with Gasteiger partial charge in [0.2, 0.25) is 0 Å². The molecule has 0 fully saturated rings. The molecule has 2 aromatic carbocycles. The summed E-state index contributed by atoms with van der Waals surface area (Å²) in [5.41, 5.74) is 4.31. The molecule has 1 aliphatic heterocycles. The number of unbranched alkanes of at least 4 members (excludes halogenated alkanes) is 1. The third-order valence-corrected chi connectivity index (χ3v) is 6.68. The number of hydrogen-bond acceptors (Lipinski definition) is 3. The van der Waals surface area contributed by atoms with Crippen molar-refractivity contribution in [1.29, 1.82) is 0 Å². The quantitative estimate of drug-likeness (QED) is 0.373. The number of amides is 1.